The van der Waals surface area contributed by atoms with E-state index in [9.17, 15) is 0 Å². The second-order valence-electron chi connectivity index (χ2n) is 6.95. The molecule has 2 rings (SSSR count). The van der Waals surface area contributed by atoms with Crippen LogP contribution in [0, 0.1) is 0 Å². The molecule has 26 heavy (non-hydrogen) atoms. The van der Waals surface area contributed by atoms with Crippen LogP contribution in [0.4, 0.5) is 0 Å². The number of hydrogen-bond acceptors (Lipinski definition) is 4. The maximum absolute atomic E-state index is 6.06. The van der Waals surface area contributed by atoms with Crippen molar-refractivity contribution in [3.8, 4) is 0 Å². The first-order chi connectivity index (χ1) is 12.3. The van der Waals surface area contributed by atoms with E-state index < -0.39 is 0 Å². The quantitative estimate of drug-likeness (QED) is 0.592. The summed E-state index contributed by atoms with van der Waals surface area (Å²) in [6.07, 6.45) is 1.63. The average molecular weight is 379 g/mol. The van der Waals surface area contributed by atoms with Gasteiger partial charge < -0.3 is 19.8 Å². The van der Waals surface area contributed by atoms with Gasteiger partial charge in [-0.2, -0.15) is 0 Å². The first-order valence-electron chi connectivity index (χ1n) is 8.51. The monoisotopic (exact) mass is 378 g/mol. The zero-order valence-electron chi connectivity index (χ0n) is 16.0. The molecule has 142 valence electrons. The van der Waals surface area contributed by atoms with Gasteiger partial charge in [-0.1, -0.05) is 44.5 Å². The summed E-state index contributed by atoms with van der Waals surface area (Å²) in [5.74, 6) is 2.12. The van der Waals surface area contributed by atoms with Gasteiger partial charge in [-0.15, -0.1) is 0 Å². The fourth-order valence-electron chi connectivity index (χ4n) is 2.35. The Bertz CT molecular complexity index is 737. The molecule has 6 nitrogen and oxygen atoms in total. The highest BCUT2D eigenvalue weighted by atomic mass is 35.5. The Morgan fingerprint density at radius 1 is 1.35 bits per heavy atom. The lowest BCUT2D eigenvalue weighted by atomic mass is 9.94. The highest BCUT2D eigenvalue weighted by Gasteiger charge is 2.19. The molecule has 0 aliphatic heterocycles. The summed E-state index contributed by atoms with van der Waals surface area (Å²) in [4.78, 5) is 8.53. The number of aliphatic imine (C=N–C) groups is 1. The van der Waals surface area contributed by atoms with Gasteiger partial charge in [0, 0.05) is 31.1 Å². The summed E-state index contributed by atoms with van der Waals surface area (Å²) < 4.78 is 11.3. The van der Waals surface area contributed by atoms with Crippen molar-refractivity contribution >= 4 is 17.6 Å². The summed E-state index contributed by atoms with van der Waals surface area (Å²) in [5, 5.41) is 7.13. The number of nitrogens with one attached hydrogen (secondary N) is 2. The second kappa shape index (κ2) is 9.05. The number of halogens is 1. The first kappa shape index (κ1) is 20.3. The number of hydrogen-bond donors (Lipinski definition) is 2. The number of rotatable bonds is 6. The third-order valence-electron chi connectivity index (χ3n) is 3.88. The minimum atomic E-state index is -0.138. The second-order valence-corrected chi connectivity index (χ2v) is 7.39. The molecule has 1 atom stereocenters. The normalized spacial score (nSPS) is 13.5. The Morgan fingerprint density at radius 3 is 2.69 bits per heavy atom. The van der Waals surface area contributed by atoms with Crippen molar-refractivity contribution in [3.05, 3.63) is 52.7 Å². The van der Waals surface area contributed by atoms with E-state index in [1.165, 1.54) is 0 Å². The lowest BCUT2D eigenvalue weighted by Gasteiger charge is -2.18. The Labute approximate surface area is 160 Å². The minimum absolute atomic E-state index is 0.0617. The smallest absolute Gasteiger partial charge is 0.213 e. The summed E-state index contributed by atoms with van der Waals surface area (Å²) >= 11 is 6.06. The van der Waals surface area contributed by atoms with Gasteiger partial charge in [0.1, 0.15) is 5.76 Å². The van der Waals surface area contributed by atoms with E-state index >= 15 is 0 Å². The topological polar surface area (TPSA) is 71.7 Å². The number of nitrogens with zero attached hydrogens (tertiary/aromatic N) is 2. The molecule has 0 spiro atoms. The van der Waals surface area contributed by atoms with E-state index in [0.717, 1.165) is 11.3 Å². The van der Waals surface area contributed by atoms with Crippen LogP contribution in [0.25, 0.3) is 0 Å². The Kier molecular flexibility index (Phi) is 7.06. The molecule has 1 aromatic heterocycles. The van der Waals surface area contributed by atoms with Crippen molar-refractivity contribution in [2.45, 2.75) is 38.8 Å². The summed E-state index contributed by atoms with van der Waals surface area (Å²) in [5.41, 5.74) is 0.943. The SMILES string of the molecule is CN=C(NCc1ncc(C(C)(C)C)o1)NCC(OC)c1cccc(Cl)c1. The molecule has 1 aromatic carbocycles. The Balaban J connectivity index is 1.90. The van der Waals surface area contributed by atoms with Crippen molar-refractivity contribution in [2.75, 3.05) is 20.7 Å². The van der Waals surface area contributed by atoms with Gasteiger partial charge in [-0.05, 0) is 17.7 Å². The average Bonchev–Trinajstić information content (AvgIpc) is 3.07. The molecular weight excluding hydrogens is 352 g/mol. The van der Waals surface area contributed by atoms with Crippen molar-refractivity contribution in [3.63, 3.8) is 0 Å². The predicted molar refractivity (Wildman–Crippen MR) is 105 cm³/mol. The fourth-order valence-corrected chi connectivity index (χ4v) is 2.55. The third-order valence-corrected chi connectivity index (χ3v) is 4.12. The maximum Gasteiger partial charge on any atom is 0.213 e. The van der Waals surface area contributed by atoms with Crippen LogP contribution in [0.1, 0.15) is 44.1 Å². The molecule has 2 aromatic rings. The molecule has 0 saturated heterocycles. The molecule has 0 aliphatic carbocycles. The molecule has 0 radical (unpaired) electrons. The van der Waals surface area contributed by atoms with E-state index in [-0.39, 0.29) is 11.5 Å². The summed E-state index contributed by atoms with van der Waals surface area (Å²) in [6.45, 7) is 7.27. The van der Waals surface area contributed by atoms with E-state index in [1.54, 1.807) is 20.4 Å². The van der Waals surface area contributed by atoms with Gasteiger partial charge in [-0.3, -0.25) is 4.99 Å². The molecule has 0 amide bonds. The molecule has 0 bridgehead atoms. The lowest BCUT2D eigenvalue weighted by Crippen LogP contribution is -2.39. The van der Waals surface area contributed by atoms with Crippen LogP contribution in [0.15, 0.2) is 39.9 Å². The minimum Gasteiger partial charge on any atom is -0.443 e. The molecule has 0 saturated carbocycles. The number of guanidine groups is 1. The number of ether oxygens (including phenoxy) is 1. The van der Waals surface area contributed by atoms with Crippen molar-refractivity contribution in [2.24, 2.45) is 4.99 Å². The van der Waals surface area contributed by atoms with Gasteiger partial charge in [0.05, 0.1) is 18.8 Å². The van der Waals surface area contributed by atoms with Crippen molar-refractivity contribution in [1.29, 1.82) is 0 Å². The van der Waals surface area contributed by atoms with Crippen LogP contribution < -0.4 is 10.6 Å². The maximum atomic E-state index is 6.06. The number of benzene rings is 1. The number of aromatic nitrogens is 1. The number of methoxy groups -OCH3 is 1. The molecular formula is C19H27ClN4O2. The van der Waals surface area contributed by atoms with E-state index in [4.69, 9.17) is 20.8 Å². The molecule has 0 fully saturated rings. The molecule has 1 unspecified atom stereocenters. The van der Waals surface area contributed by atoms with Crippen molar-refractivity contribution < 1.29 is 9.15 Å². The van der Waals surface area contributed by atoms with Gasteiger partial charge in [0.2, 0.25) is 5.89 Å². The molecule has 0 aliphatic rings. The van der Waals surface area contributed by atoms with Gasteiger partial charge in [0.15, 0.2) is 5.96 Å². The van der Waals surface area contributed by atoms with Crippen LogP contribution in [-0.4, -0.2) is 31.6 Å². The zero-order chi connectivity index (χ0) is 19.2. The Morgan fingerprint density at radius 2 is 2.12 bits per heavy atom. The fraction of sp³-hybridized carbons (Fsp3) is 0.474. The molecule has 1 heterocycles. The van der Waals surface area contributed by atoms with Crippen LogP contribution in [-0.2, 0) is 16.7 Å². The zero-order valence-corrected chi connectivity index (χ0v) is 16.7. The summed E-state index contributed by atoms with van der Waals surface area (Å²) in [6, 6.07) is 7.63. The van der Waals surface area contributed by atoms with E-state index in [0.29, 0.717) is 30.0 Å². The van der Waals surface area contributed by atoms with Gasteiger partial charge in [0.25, 0.3) is 0 Å². The summed E-state index contributed by atoms with van der Waals surface area (Å²) in [7, 11) is 3.39. The van der Waals surface area contributed by atoms with Gasteiger partial charge in [-0.25, -0.2) is 4.98 Å². The van der Waals surface area contributed by atoms with E-state index in [2.05, 4.69) is 41.4 Å². The standard InChI is InChI=1S/C19H27ClN4O2/c1-19(2,3)16-11-22-17(26-16)12-24-18(21-4)23-10-15(25-5)13-7-6-8-14(20)9-13/h6-9,11,15H,10,12H2,1-5H3,(H2,21,23,24). The predicted octanol–water partition coefficient (Wildman–Crippen LogP) is 3.68. The molecule has 2 N–H and O–H groups in total. The highest BCUT2D eigenvalue weighted by Crippen LogP contribution is 2.22. The largest absolute Gasteiger partial charge is 0.443 e. The molecule has 7 heteroatoms. The lowest BCUT2D eigenvalue weighted by molar-refractivity contribution is 0.106. The van der Waals surface area contributed by atoms with Crippen LogP contribution >= 0.6 is 11.6 Å². The highest BCUT2D eigenvalue weighted by molar-refractivity contribution is 6.30. The van der Waals surface area contributed by atoms with Gasteiger partial charge >= 0.3 is 0 Å². The number of oxazole rings is 1. The van der Waals surface area contributed by atoms with Crippen LogP contribution in [0.2, 0.25) is 5.02 Å². The third kappa shape index (κ3) is 5.75. The van der Waals surface area contributed by atoms with Crippen LogP contribution in [0.3, 0.4) is 0 Å². The van der Waals surface area contributed by atoms with Crippen molar-refractivity contribution in [1.82, 2.24) is 15.6 Å². The van der Waals surface area contributed by atoms with Crippen LogP contribution in [0.5, 0.6) is 0 Å². The Hall–Kier alpha value is -2.05. The van der Waals surface area contributed by atoms with E-state index in [1.807, 2.05) is 24.3 Å². The first-order valence-corrected chi connectivity index (χ1v) is 8.89.